The van der Waals surface area contributed by atoms with Gasteiger partial charge in [0.25, 0.3) is 12.1 Å². The molecule has 110 valence electrons. The fourth-order valence-electron chi connectivity index (χ4n) is 1.96. The second-order valence-corrected chi connectivity index (χ2v) is 4.44. The number of nitro groups is 1. The third kappa shape index (κ3) is 2.78. The molecule has 0 aliphatic heterocycles. The Labute approximate surface area is 118 Å². The first kappa shape index (κ1) is 14.8. The van der Waals surface area contributed by atoms with E-state index in [1.54, 1.807) is 0 Å². The van der Waals surface area contributed by atoms with E-state index in [4.69, 9.17) is 0 Å². The normalized spacial score (nSPS) is 10.9. The van der Waals surface area contributed by atoms with Crippen LogP contribution in [0.25, 0.3) is 5.69 Å². The average Bonchev–Trinajstić information content (AvgIpc) is 2.80. The highest BCUT2D eigenvalue weighted by molar-refractivity contribution is 5.98. The number of benzene rings is 1. The quantitative estimate of drug-likeness (QED) is 0.493. The minimum atomic E-state index is -2.76. The van der Waals surface area contributed by atoms with Gasteiger partial charge in [0.1, 0.15) is 5.69 Å². The molecule has 0 spiro atoms. The van der Waals surface area contributed by atoms with Gasteiger partial charge in [-0.05, 0) is 26.0 Å². The van der Waals surface area contributed by atoms with Crippen LogP contribution in [0, 0.1) is 17.0 Å². The van der Waals surface area contributed by atoms with Crippen LogP contribution in [-0.2, 0) is 0 Å². The second-order valence-electron chi connectivity index (χ2n) is 4.44. The molecule has 0 saturated heterocycles. The Morgan fingerprint density at radius 3 is 2.52 bits per heavy atom. The summed E-state index contributed by atoms with van der Waals surface area (Å²) >= 11 is 0. The van der Waals surface area contributed by atoms with Crippen LogP contribution in [0.4, 0.5) is 14.5 Å². The summed E-state index contributed by atoms with van der Waals surface area (Å²) in [6, 6.07) is 4.80. The van der Waals surface area contributed by atoms with Gasteiger partial charge in [0.2, 0.25) is 0 Å². The van der Waals surface area contributed by atoms with Crippen molar-refractivity contribution in [3.05, 3.63) is 51.3 Å². The van der Waals surface area contributed by atoms with Gasteiger partial charge in [0, 0.05) is 23.4 Å². The first-order valence-electron chi connectivity index (χ1n) is 5.95. The Bertz CT molecular complexity index is 725. The van der Waals surface area contributed by atoms with Crippen molar-refractivity contribution in [3.63, 3.8) is 0 Å². The lowest BCUT2D eigenvalue weighted by atomic mass is 10.1. The molecule has 0 N–H and O–H groups in total. The smallest absolute Gasteiger partial charge is 0.282 e. The summed E-state index contributed by atoms with van der Waals surface area (Å²) in [5, 5.41) is 14.5. The topological polar surface area (TPSA) is 78.0 Å². The van der Waals surface area contributed by atoms with Crippen LogP contribution in [0.15, 0.2) is 24.3 Å². The Morgan fingerprint density at radius 2 is 2.05 bits per heavy atom. The number of nitro benzene ring substituents is 1. The lowest BCUT2D eigenvalue weighted by molar-refractivity contribution is -0.384. The fraction of sp³-hybridized carbons (Fsp3) is 0.231. The molecular weight excluding hydrogens is 284 g/mol. The molecule has 0 saturated carbocycles. The Hall–Kier alpha value is -2.64. The predicted molar refractivity (Wildman–Crippen MR) is 69.9 cm³/mol. The van der Waals surface area contributed by atoms with Crippen LogP contribution < -0.4 is 0 Å². The first-order valence-corrected chi connectivity index (χ1v) is 5.95. The van der Waals surface area contributed by atoms with Crippen molar-refractivity contribution in [1.29, 1.82) is 0 Å². The van der Waals surface area contributed by atoms with Gasteiger partial charge in [-0.3, -0.25) is 14.9 Å². The number of Topliss-reactive ketones (excluding diaryl/α,β-unsaturated/α-hetero) is 1. The van der Waals surface area contributed by atoms with Gasteiger partial charge in [-0.1, -0.05) is 0 Å². The molecule has 0 radical (unpaired) electrons. The summed E-state index contributed by atoms with van der Waals surface area (Å²) in [6.45, 7) is 2.82. The van der Waals surface area contributed by atoms with E-state index in [1.807, 2.05) is 0 Å². The van der Waals surface area contributed by atoms with E-state index in [-0.39, 0.29) is 22.7 Å². The number of rotatable bonds is 4. The number of carbonyl (C=O) groups is 1. The number of alkyl halides is 2. The van der Waals surface area contributed by atoms with Crippen molar-refractivity contribution >= 4 is 11.5 Å². The van der Waals surface area contributed by atoms with E-state index in [2.05, 4.69) is 5.10 Å². The number of aryl methyl sites for hydroxylation is 1. The van der Waals surface area contributed by atoms with Gasteiger partial charge in [0.15, 0.2) is 5.78 Å². The van der Waals surface area contributed by atoms with Gasteiger partial charge in [-0.15, -0.1) is 0 Å². The fourth-order valence-corrected chi connectivity index (χ4v) is 1.96. The predicted octanol–water partition coefficient (Wildman–Crippen LogP) is 3.23. The second kappa shape index (κ2) is 5.39. The molecule has 0 unspecified atom stereocenters. The molecule has 1 heterocycles. The van der Waals surface area contributed by atoms with E-state index in [9.17, 15) is 23.7 Å². The summed E-state index contributed by atoms with van der Waals surface area (Å²) in [7, 11) is 0. The number of hydrogen-bond acceptors (Lipinski definition) is 4. The van der Waals surface area contributed by atoms with Crippen LogP contribution in [0.1, 0.15) is 35.1 Å². The lowest BCUT2D eigenvalue weighted by Crippen LogP contribution is -2.07. The zero-order valence-electron chi connectivity index (χ0n) is 11.2. The van der Waals surface area contributed by atoms with Crippen LogP contribution in [0.2, 0.25) is 0 Å². The highest BCUT2D eigenvalue weighted by Crippen LogP contribution is 2.25. The molecule has 0 aliphatic rings. The van der Waals surface area contributed by atoms with Gasteiger partial charge >= 0.3 is 0 Å². The summed E-state index contributed by atoms with van der Waals surface area (Å²) in [6.07, 6.45) is -2.76. The molecule has 8 heteroatoms. The van der Waals surface area contributed by atoms with Crippen molar-refractivity contribution in [2.24, 2.45) is 0 Å². The van der Waals surface area contributed by atoms with Crippen LogP contribution in [-0.4, -0.2) is 20.5 Å². The Morgan fingerprint density at radius 1 is 1.38 bits per heavy atom. The number of nitrogens with zero attached hydrogens (tertiary/aromatic N) is 3. The molecular formula is C13H11F2N3O3. The lowest BCUT2D eigenvalue weighted by Gasteiger charge is -2.09. The number of ketones is 1. The number of aromatic nitrogens is 2. The molecule has 1 aromatic carbocycles. The molecule has 0 amide bonds. The van der Waals surface area contributed by atoms with Crippen LogP contribution in [0.3, 0.4) is 0 Å². The van der Waals surface area contributed by atoms with Crippen LogP contribution in [0.5, 0.6) is 0 Å². The SMILES string of the molecule is CC(=O)c1ccc([N+](=O)[O-])cc1-n1nc(C(F)F)cc1C. The highest BCUT2D eigenvalue weighted by atomic mass is 19.3. The zero-order chi connectivity index (χ0) is 15.7. The molecule has 1 aromatic heterocycles. The maximum Gasteiger partial charge on any atom is 0.282 e. The number of halogens is 2. The molecule has 0 atom stereocenters. The standard InChI is InChI=1S/C13H11F2N3O3/c1-7-5-11(13(14)15)16-17(7)12-6-9(18(20)21)3-4-10(12)8(2)19/h3-6,13H,1-2H3. The summed E-state index contributed by atoms with van der Waals surface area (Å²) in [5.74, 6) is -0.339. The van der Waals surface area contributed by atoms with E-state index in [1.165, 1.54) is 32.0 Å². The molecule has 0 fully saturated rings. The maximum absolute atomic E-state index is 12.7. The average molecular weight is 295 g/mol. The monoisotopic (exact) mass is 295 g/mol. The largest absolute Gasteiger partial charge is 0.294 e. The minimum Gasteiger partial charge on any atom is -0.294 e. The third-order valence-corrected chi connectivity index (χ3v) is 2.93. The maximum atomic E-state index is 12.7. The summed E-state index contributed by atoms with van der Waals surface area (Å²) < 4.78 is 26.5. The Balaban J connectivity index is 2.68. The van der Waals surface area contributed by atoms with Crippen molar-refractivity contribution < 1.29 is 18.5 Å². The molecule has 0 aliphatic carbocycles. The number of carbonyl (C=O) groups excluding carboxylic acids is 1. The van der Waals surface area contributed by atoms with Crippen molar-refractivity contribution in [1.82, 2.24) is 9.78 Å². The van der Waals surface area contributed by atoms with Crippen LogP contribution >= 0.6 is 0 Å². The molecule has 2 rings (SSSR count). The van der Waals surface area contributed by atoms with Crippen molar-refractivity contribution in [2.45, 2.75) is 20.3 Å². The van der Waals surface area contributed by atoms with Gasteiger partial charge in [-0.25, -0.2) is 13.5 Å². The van der Waals surface area contributed by atoms with E-state index >= 15 is 0 Å². The van der Waals surface area contributed by atoms with Gasteiger partial charge in [0.05, 0.1) is 10.6 Å². The molecule has 21 heavy (non-hydrogen) atoms. The van der Waals surface area contributed by atoms with Crippen molar-refractivity contribution in [2.75, 3.05) is 0 Å². The van der Waals surface area contributed by atoms with E-state index in [0.29, 0.717) is 5.69 Å². The van der Waals surface area contributed by atoms with E-state index < -0.39 is 17.0 Å². The van der Waals surface area contributed by atoms with Crippen molar-refractivity contribution in [3.8, 4) is 5.69 Å². The number of hydrogen-bond donors (Lipinski definition) is 0. The zero-order valence-corrected chi connectivity index (χ0v) is 11.2. The summed E-state index contributed by atoms with van der Waals surface area (Å²) in [5.41, 5.74) is -0.0565. The first-order chi connectivity index (χ1) is 9.81. The minimum absolute atomic E-state index is 0.112. The third-order valence-electron chi connectivity index (χ3n) is 2.93. The molecule has 6 nitrogen and oxygen atoms in total. The molecule has 2 aromatic rings. The summed E-state index contributed by atoms with van der Waals surface area (Å²) in [4.78, 5) is 21.8. The number of non-ortho nitro benzene ring substituents is 1. The van der Waals surface area contributed by atoms with E-state index in [0.717, 1.165) is 10.7 Å². The van der Waals surface area contributed by atoms with Gasteiger partial charge in [-0.2, -0.15) is 5.10 Å². The molecule has 0 bridgehead atoms. The Kier molecular flexibility index (Phi) is 3.79. The van der Waals surface area contributed by atoms with Gasteiger partial charge < -0.3 is 0 Å². The highest BCUT2D eigenvalue weighted by Gasteiger charge is 2.20.